The fourth-order valence-corrected chi connectivity index (χ4v) is 3.92. The molecule has 0 atom stereocenters. The molecule has 12 heteroatoms. The lowest BCUT2D eigenvalue weighted by atomic mass is 10.1. The molecule has 0 fully saturated rings. The lowest BCUT2D eigenvalue weighted by molar-refractivity contribution is -0.386. The zero-order valence-corrected chi connectivity index (χ0v) is 18.4. The molecule has 3 aromatic rings. The summed E-state index contributed by atoms with van der Waals surface area (Å²) in [7, 11) is 1.17. The van der Waals surface area contributed by atoms with Gasteiger partial charge in [0.2, 0.25) is 0 Å². The summed E-state index contributed by atoms with van der Waals surface area (Å²) < 4.78 is 50.1. The van der Waals surface area contributed by atoms with Crippen molar-refractivity contribution in [3.05, 3.63) is 67.6 Å². The number of halogens is 2. The first-order valence-electron chi connectivity index (χ1n) is 10.4. The van der Waals surface area contributed by atoms with E-state index in [0.29, 0.717) is 17.6 Å². The van der Waals surface area contributed by atoms with E-state index in [4.69, 9.17) is 18.6 Å². The molecule has 1 aliphatic carbocycles. The molecule has 0 N–H and O–H groups in total. The lowest BCUT2D eigenvalue weighted by Gasteiger charge is -2.12. The van der Waals surface area contributed by atoms with Gasteiger partial charge in [0.25, 0.3) is 5.69 Å². The quantitative estimate of drug-likeness (QED) is 0.189. The number of esters is 1. The standard InChI is InChI=1S/C23H19F2NO9/c1-31-19-7-12(17(26(29)30)9-20(19)35-23(24)25)10-33-21(27)11-32-13-5-6-15-14-3-2-4-16(14)22(28)34-18(15)8-13/h5-9,23H,2-4,10-11H2,1H3. The molecule has 0 radical (unpaired) electrons. The van der Waals surface area contributed by atoms with Crippen molar-refractivity contribution in [1.82, 2.24) is 0 Å². The van der Waals surface area contributed by atoms with Crippen LogP contribution in [-0.4, -0.2) is 31.2 Å². The Hall–Kier alpha value is -4.22. The number of fused-ring (bicyclic) bond motifs is 3. The zero-order chi connectivity index (χ0) is 25.1. The minimum atomic E-state index is -3.21. The minimum absolute atomic E-state index is 0.0943. The first kappa shape index (κ1) is 23.9. The second kappa shape index (κ2) is 9.95. The highest BCUT2D eigenvalue weighted by Gasteiger charge is 2.23. The summed E-state index contributed by atoms with van der Waals surface area (Å²) in [6.45, 7) is -4.28. The van der Waals surface area contributed by atoms with E-state index in [-0.39, 0.29) is 22.7 Å². The number of aryl methyl sites for hydroxylation is 1. The highest BCUT2D eigenvalue weighted by Crippen LogP contribution is 2.36. The van der Waals surface area contributed by atoms with Crippen LogP contribution in [0.5, 0.6) is 17.2 Å². The third-order valence-electron chi connectivity index (χ3n) is 5.47. The van der Waals surface area contributed by atoms with Crippen LogP contribution in [-0.2, 0) is 29.0 Å². The van der Waals surface area contributed by atoms with Crippen molar-refractivity contribution >= 4 is 22.6 Å². The van der Waals surface area contributed by atoms with Crippen LogP contribution < -0.4 is 19.8 Å². The second-order valence-corrected chi connectivity index (χ2v) is 7.57. The Morgan fingerprint density at radius 2 is 1.94 bits per heavy atom. The van der Waals surface area contributed by atoms with E-state index < -0.39 is 42.2 Å². The molecule has 0 bridgehead atoms. The average molecular weight is 491 g/mol. The molecule has 1 heterocycles. The molecule has 1 aliphatic rings. The Morgan fingerprint density at radius 3 is 2.66 bits per heavy atom. The first-order chi connectivity index (χ1) is 16.8. The number of methoxy groups -OCH3 is 1. The van der Waals surface area contributed by atoms with Crippen LogP contribution in [0.3, 0.4) is 0 Å². The number of nitro benzene ring substituents is 1. The summed E-state index contributed by atoms with van der Waals surface area (Å²) in [5.74, 6) is -1.30. The van der Waals surface area contributed by atoms with Crippen LogP contribution in [0.4, 0.5) is 14.5 Å². The van der Waals surface area contributed by atoms with Crippen LogP contribution in [0.2, 0.25) is 0 Å². The molecule has 184 valence electrons. The van der Waals surface area contributed by atoms with Crippen LogP contribution in [0.25, 0.3) is 11.0 Å². The van der Waals surface area contributed by atoms with Gasteiger partial charge in [-0.2, -0.15) is 8.78 Å². The van der Waals surface area contributed by atoms with Crippen molar-refractivity contribution < 1.29 is 41.9 Å². The van der Waals surface area contributed by atoms with Crippen molar-refractivity contribution in [2.24, 2.45) is 0 Å². The fourth-order valence-electron chi connectivity index (χ4n) is 3.92. The number of nitrogens with zero attached hydrogens (tertiary/aromatic N) is 1. The topological polar surface area (TPSA) is 127 Å². The molecular weight excluding hydrogens is 472 g/mol. The Kier molecular flexibility index (Phi) is 6.80. The third kappa shape index (κ3) is 5.15. The summed E-state index contributed by atoms with van der Waals surface area (Å²) in [5.41, 5.74) is 0.924. The maximum atomic E-state index is 12.6. The average Bonchev–Trinajstić information content (AvgIpc) is 3.32. The van der Waals surface area contributed by atoms with Gasteiger partial charge in [-0.15, -0.1) is 0 Å². The van der Waals surface area contributed by atoms with Crippen LogP contribution in [0.1, 0.15) is 23.1 Å². The summed E-state index contributed by atoms with van der Waals surface area (Å²) in [6.07, 6.45) is 2.36. The van der Waals surface area contributed by atoms with Gasteiger partial charge in [0.05, 0.1) is 23.7 Å². The zero-order valence-electron chi connectivity index (χ0n) is 18.4. The summed E-state index contributed by atoms with van der Waals surface area (Å²) in [5, 5.41) is 12.2. The largest absolute Gasteiger partial charge is 0.493 e. The number of hydrogen-bond donors (Lipinski definition) is 0. The molecule has 0 spiro atoms. The van der Waals surface area contributed by atoms with Crippen molar-refractivity contribution in [1.29, 1.82) is 0 Å². The highest BCUT2D eigenvalue weighted by molar-refractivity contribution is 5.83. The third-order valence-corrected chi connectivity index (χ3v) is 5.47. The molecule has 2 aromatic carbocycles. The normalized spacial score (nSPS) is 12.5. The fraction of sp³-hybridized carbons (Fsp3) is 0.304. The first-order valence-corrected chi connectivity index (χ1v) is 10.4. The molecule has 0 saturated carbocycles. The van der Waals surface area contributed by atoms with Gasteiger partial charge in [-0.1, -0.05) is 0 Å². The highest BCUT2D eigenvalue weighted by atomic mass is 19.3. The summed E-state index contributed by atoms with van der Waals surface area (Å²) in [6, 6.07) is 6.73. The van der Waals surface area contributed by atoms with E-state index in [1.807, 2.05) is 0 Å². The van der Waals surface area contributed by atoms with Crippen LogP contribution >= 0.6 is 0 Å². The Balaban J connectivity index is 1.43. The molecule has 35 heavy (non-hydrogen) atoms. The van der Waals surface area contributed by atoms with Crippen molar-refractivity contribution in [2.75, 3.05) is 13.7 Å². The maximum absolute atomic E-state index is 12.6. The molecule has 1 aromatic heterocycles. The molecule has 10 nitrogen and oxygen atoms in total. The van der Waals surface area contributed by atoms with Gasteiger partial charge in [0.15, 0.2) is 18.1 Å². The van der Waals surface area contributed by atoms with Gasteiger partial charge in [-0.3, -0.25) is 10.1 Å². The van der Waals surface area contributed by atoms with Crippen LogP contribution in [0.15, 0.2) is 39.5 Å². The number of alkyl halides is 2. The summed E-state index contributed by atoms with van der Waals surface area (Å²) >= 11 is 0. The number of benzene rings is 2. The number of rotatable bonds is 9. The predicted molar refractivity (Wildman–Crippen MR) is 116 cm³/mol. The van der Waals surface area contributed by atoms with Gasteiger partial charge < -0.3 is 23.4 Å². The predicted octanol–water partition coefficient (Wildman–Crippen LogP) is 3.92. The molecular formula is C23H19F2NO9. The molecule has 0 saturated heterocycles. The Labute approximate surface area is 196 Å². The van der Waals surface area contributed by atoms with E-state index in [1.165, 1.54) is 13.2 Å². The van der Waals surface area contributed by atoms with Crippen molar-refractivity contribution in [3.63, 3.8) is 0 Å². The van der Waals surface area contributed by atoms with Crippen LogP contribution in [0, 0.1) is 10.1 Å². The maximum Gasteiger partial charge on any atom is 0.387 e. The van der Waals surface area contributed by atoms with Gasteiger partial charge in [0, 0.05) is 17.0 Å². The van der Waals surface area contributed by atoms with Crippen molar-refractivity contribution in [2.45, 2.75) is 32.5 Å². The smallest absolute Gasteiger partial charge is 0.387 e. The number of hydrogen-bond acceptors (Lipinski definition) is 9. The van der Waals surface area contributed by atoms with E-state index in [9.17, 15) is 28.5 Å². The van der Waals surface area contributed by atoms with Gasteiger partial charge in [0.1, 0.15) is 17.9 Å². The molecule has 0 amide bonds. The molecule has 0 unspecified atom stereocenters. The Morgan fingerprint density at radius 1 is 1.17 bits per heavy atom. The van der Waals surface area contributed by atoms with E-state index in [2.05, 4.69) is 4.74 Å². The number of nitro groups is 1. The number of carbonyl (C=O) groups is 1. The minimum Gasteiger partial charge on any atom is -0.493 e. The second-order valence-electron chi connectivity index (χ2n) is 7.57. The number of ether oxygens (including phenoxy) is 4. The monoisotopic (exact) mass is 491 g/mol. The van der Waals surface area contributed by atoms with E-state index in [1.54, 1.807) is 12.1 Å². The lowest BCUT2D eigenvalue weighted by Crippen LogP contribution is -2.15. The van der Waals surface area contributed by atoms with Gasteiger partial charge >= 0.3 is 18.2 Å². The van der Waals surface area contributed by atoms with E-state index in [0.717, 1.165) is 35.9 Å². The van der Waals surface area contributed by atoms with E-state index >= 15 is 0 Å². The van der Waals surface area contributed by atoms with Gasteiger partial charge in [-0.05, 0) is 43.0 Å². The Bertz CT molecular complexity index is 1350. The SMILES string of the molecule is COc1cc(COC(=O)COc2ccc3c4c(c(=O)oc3c2)CCC4)c([N+](=O)[O-])cc1OC(F)F. The summed E-state index contributed by atoms with van der Waals surface area (Å²) in [4.78, 5) is 34.8. The molecule has 0 aliphatic heterocycles. The van der Waals surface area contributed by atoms with Gasteiger partial charge in [-0.25, -0.2) is 9.59 Å². The number of carbonyl (C=O) groups excluding carboxylic acids is 1. The van der Waals surface area contributed by atoms with Crippen molar-refractivity contribution in [3.8, 4) is 17.2 Å². The molecule has 4 rings (SSSR count).